The molecule has 0 spiro atoms. The van der Waals surface area contributed by atoms with Crippen molar-refractivity contribution in [3.63, 3.8) is 0 Å². The average molecular weight is 492 g/mol. The van der Waals surface area contributed by atoms with Crippen LogP contribution in [0.5, 0.6) is 0 Å². The van der Waals surface area contributed by atoms with E-state index in [0.717, 1.165) is 12.8 Å². The van der Waals surface area contributed by atoms with Gasteiger partial charge < -0.3 is 20.1 Å². The van der Waals surface area contributed by atoms with Gasteiger partial charge in [-0.3, -0.25) is 29.2 Å². The van der Waals surface area contributed by atoms with Crippen molar-refractivity contribution < 1.29 is 56.3 Å². The number of rotatable bonds is 11. The van der Waals surface area contributed by atoms with Gasteiger partial charge in [0.1, 0.15) is 0 Å². The number of carbonyl (C=O) groups excluding carboxylic acids is 1. The predicted octanol–water partition coefficient (Wildman–Crippen LogP) is 0.535. The van der Waals surface area contributed by atoms with Crippen molar-refractivity contribution in [3.8, 4) is 0 Å². The second-order valence-corrected chi connectivity index (χ2v) is 7.44. The van der Waals surface area contributed by atoms with E-state index in [9.17, 15) is 34.5 Å². The summed E-state index contributed by atoms with van der Waals surface area (Å²) in [6.45, 7) is -1.04. The molecule has 1 saturated carbocycles. The molecule has 2 atom stereocenters. The Bertz CT molecular complexity index is 789. The summed E-state index contributed by atoms with van der Waals surface area (Å²) in [4.78, 5) is 53.0. The molecule has 0 aliphatic heterocycles. The fourth-order valence-corrected chi connectivity index (χ4v) is 4.01. The number of hydrogen-bond donors (Lipinski definition) is 3. The molecule has 1 fully saturated rings. The molecule has 0 aromatic carbocycles. The van der Waals surface area contributed by atoms with Crippen LogP contribution in [-0.4, -0.2) is 92.8 Å². The first-order chi connectivity index (χ1) is 14.7. The standard InChI is InChI=1S/C20H27N3O8.Mn/c1-31-20(30)13-6-7-14(21-8-13)9-22(10-17(24)25)15-4-2-3-5-16(15)23(11-18(26)27)12-19(28)29;/h6-8,15-16H,2-5,9-12H2,1H3,(H,24,25)(H,26,27)(H,28,29);/q;+2/t15-,16?;/m0./s1. The third-order valence-electron chi connectivity index (χ3n) is 5.26. The van der Waals surface area contributed by atoms with E-state index in [4.69, 9.17) is 0 Å². The van der Waals surface area contributed by atoms with Gasteiger partial charge in [0.15, 0.2) is 0 Å². The van der Waals surface area contributed by atoms with E-state index in [1.54, 1.807) is 11.0 Å². The van der Waals surface area contributed by atoms with E-state index in [2.05, 4.69) is 9.72 Å². The van der Waals surface area contributed by atoms with Gasteiger partial charge in [0.05, 0.1) is 38.0 Å². The summed E-state index contributed by atoms with van der Waals surface area (Å²) in [6, 6.07) is 2.36. The van der Waals surface area contributed by atoms with Crippen LogP contribution in [0, 0.1) is 0 Å². The molecule has 12 heteroatoms. The molecule has 1 aromatic rings. The van der Waals surface area contributed by atoms with Crippen molar-refractivity contribution >= 4 is 23.9 Å². The number of carboxylic acids is 3. The Labute approximate surface area is 195 Å². The van der Waals surface area contributed by atoms with Crippen molar-refractivity contribution in [3.05, 3.63) is 29.6 Å². The van der Waals surface area contributed by atoms with Crippen LogP contribution in [0.4, 0.5) is 0 Å². The minimum absolute atomic E-state index is 0. The molecular formula is C20H27MnN3O8+2. The van der Waals surface area contributed by atoms with Gasteiger partial charge in [-0.25, -0.2) is 4.79 Å². The molecule has 0 bridgehead atoms. The van der Waals surface area contributed by atoms with Crippen LogP contribution in [0.2, 0.25) is 0 Å². The Morgan fingerprint density at radius 1 is 0.938 bits per heavy atom. The SMILES string of the molecule is COC(=O)c1ccc(CN(CC(=O)O)[C@H]2CCCCC2N(CC(=O)O)CC(=O)O)nc1.[Mn+2]. The van der Waals surface area contributed by atoms with Gasteiger partial charge in [0, 0.05) is 24.8 Å². The average Bonchev–Trinajstić information content (AvgIpc) is 2.72. The van der Waals surface area contributed by atoms with E-state index in [1.165, 1.54) is 24.3 Å². The maximum Gasteiger partial charge on any atom is 2.00 e. The number of esters is 1. The summed E-state index contributed by atoms with van der Waals surface area (Å²) in [5.41, 5.74) is 0.793. The Hall–Kier alpha value is -2.53. The number of aliphatic carboxylic acids is 3. The summed E-state index contributed by atoms with van der Waals surface area (Å²) in [5.74, 6) is -3.88. The van der Waals surface area contributed by atoms with Crippen LogP contribution in [0.1, 0.15) is 41.7 Å². The number of nitrogens with zero attached hydrogens (tertiary/aromatic N) is 3. The van der Waals surface area contributed by atoms with Crippen LogP contribution in [0.3, 0.4) is 0 Å². The monoisotopic (exact) mass is 492 g/mol. The fraction of sp³-hybridized carbons (Fsp3) is 0.550. The van der Waals surface area contributed by atoms with Crippen molar-refractivity contribution in [2.24, 2.45) is 0 Å². The van der Waals surface area contributed by atoms with Gasteiger partial charge >= 0.3 is 40.9 Å². The first-order valence-electron chi connectivity index (χ1n) is 9.88. The zero-order chi connectivity index (χ0) is 23.0. The molecule has 0 amide bonds. The molecule has 11 nitrogen and oxygen atoms in total. The summed E-state index contributed by atoms with van der Waals surface area (Å²) in [7, 11) is 1.26. The number of ether oxygens (including phenoxy) is 1. The minimum Gasteiger partial charge on any atom is -0.480 e. The number of methoxy groups -OCH3 is 1. The Kier molecular flexibility index (Phi) is 11.3. The van der Waals surface area contributed by atoms with Crippen LogP contribution < -0.4 is 0 Å². The Morgan fingerprint density at radius 3 is 1.88 bits per heavy atom. The third-order valence-corrected chi connectivity index (χ3v) is 5.26. The van der Waals surface area contributed by atoms with Crippen molar-refractivity contribution in [2.45, 2.75) is 44.3 Å². The number of aromatic nitrogens is 1. The second-order valence-electron chi connectivity index (χ2n) is 7.44. The number of pyridine rings is 1. The summed E-state index contributed by atoms with van der Waals surface area (Å²) in [5, 5.41) is 27.9. The summed E-state index contributed by atoms with van der Waals surface area (Å²) < 4.78 is 4.64. The van der Waals surface area contributed by atoms with Gasteiger partial charge in [-0.15, -0.1) is 0 Å². The molecule has 1 heterocycles. The van der Waals surface area contributed by atoms with E-state index in [0.29, 0.717) is 18.5 Å². The first kappa shape index (κ1) is 27.5. The normalized spacial score (nSPS) is 18.1. The van der Waals surface area contributed by atoms with E-state index in [1.807, 2.05) is 0 Å². The van der Waals surface area contributed by atoms with Crippen LogP contribution in [0.15, 0.2) is 18.3 Å². The van der Waals surface area contributed by atoms with Gasteiger partial charge in [0.2, 0.25) is 0 Å². The molecule has 1 aliphatic carbocycles. The quantitative estimate of drug-likeness (QED) is 0.292. The zero-order valence-electron chi connectivity index (χ0n) is 17.6. The second kappa shape index (κ2) is 13.1. The van der Waals surface area contributed by atoms with Gasteiger partial charge in [-0.05, 0) is 25.0 Å². The molecule has 1 aliphatic rings. The van der Waals surface area contributed by atoms with E-state index in [-0.39, 0.29) is 41.8 Å². The minimum atomic E-state index is -1.14. The topological polar surface area (TPSA) is 158 Å². The molecule has 1 aromatic heterocycles. The third kappa shape index (κ3) is 8.19. The Morgan fingerprint density at radius 2 is 1.44 bits per heavy atom. The van der Waals surface area contributed by atoms with Crippen LogP contribution in [-0.2, 0) is 42.7 Å². The van der Waals surface area contributed by atoms with Crippen molar-refractivity contribution in [2.75, 3.05) is 26.7 Å². The smallest absolute Gasteiger partial charge is 0.480 e. The number of carbonyl (C=O) groups is 4. The van der Waals surface area contributed by atoms with E-state index >= 15 is 0 Å². The summed E-state index contributed by atoms with van der Waals surface area (Å²) >= 11 is 0. The van der Waals surface area contributed by atoms with Crippen LogP contribution >= 0.6 is 0 Å². The molecule has 2 rings (SSSR count). The van der Waals surface area contributed by atoms with Gasteiger partial charge in [-0.2, -0.15) is 0 Å². The zero-order valence-corrected chi connectivity index (χ0v) is 18.8. The molecule has 1 unspecified atom stereocenters. The number of carboxylic acid groups (broad SMARTS) is 3. The van der Waals surface area contributed by atoms with Gasteiger partial charge in [0.25, 0.3) is 0 Å². The summed E-state index contributed by atoms with van der Waals surface area (Å²) in [6.07, 6.45) is 4.13. The Balaban J connectivity index is 0.00000512. The van der Waals surface area contributed by atoms with E-state index < -0.39 is 43.0 Å². The molecule has 1 radical (unpaired) electrons. The molecular weight excluding hydrogens is 465 g/mol. The van der Waals surface area contributed by atoms with Gasteiger partial charge in [-0.1, -0.05) is 12.8 Å². The molecule has 175 valence electrons. The number of hydrogen-bond acceptors (Lipinski definition) is 8. The van der Waals surface area contributed by atoms with Crippen molar-refractivity contribution in [1.82, 2.24) is 14.8 Å². The predicted molar refractivity (Wildman–Crippen MR) is 107 cm³/mol. The maximum absolute atomic E-state index is 11.6. The van der Waals surface area contributed by atoms with Crippen molar-refractivity contribution in [1.29, 1.82) is 0 Å². The molecule has 3 N–H and O–H groups in total. The fourth-order valence-electron chi connectivity index (χ4n) is 4.01. The maximum atomic E-state index is 11.6. The van der Waals surface area contributed by atoms with Crippen LogP contribution in [0.25, 0.3) is 0 Å². The molecule has 0 saturated heterocycles. The largest absolute Gasteiger partial charge is 2.00 e. The first-order valence-corrected chi connectivity index (χ1v) is 9.88. The molecule has 32 heavy (non-hydrogen) atoms.